The first-order chi connectivity index (χ1) is 9.03. The molecule has 0 aliphatic heterocycles. The molecule has 1 aromatic heterocycles. The van der Waals surface area contributed by atoms with E-state index in [9.17, 15) is 18.0 Å². The number of carboxylic acids is 1. The zero-order valence-corrected chi connectivity index (χ0v) is 12.1. The average Bonchev–Trinajstić information content (AvgIpc) is 2.72. The third-order valence-corrected chi connectivity index (χ3v) is 4.90. The molecule has 0 aliphatic rings. The Morgan fingerprint density at radius 3 is 2.55 bits per heavy atom. The highest BCUT2D eigenvalue weighted by Crippen LogP contribution is 2.13. The van der Waals surface area contributed by atoms with Crippen molar-refractivity contribution < 1.29 is 23.1 Å². The van der Waals surface area contributed by atoms with Gasteiger partial charge in [-0.15, -0.1) is 5.10 Å². The summed E-state index contributed by atoms with van der Waals surface area (Å²) in [7, 11) is -3.32. The van der Waals surface area contributed by atoms with E-state index >= 15 is 0 Å². The zero-order valence-electron chi connectivity index (χ0n) is 11.3. The smallest absolute Gasteiger partial charge is 0.325 e. The van der Waals surface area contributed by atoms with Crippen molar-refractivity contribution in [3.63, 3.8) is 0 Å². The normalized spacial score (nSPS) is 12.2. The number of hydrogen-bond acceptors (Lipinski definition) is 6. The van der Waals surface area contributed by atoms with Crippen LogP contribution >= 0.6 is 0 Å². The average molecular weight is 304 g/mol. The second-order valence-electron chi connectivity index (χ2n) is 4.91. The lowest BCUT2D eigenvalue weighted by Crippen LogP contribution is -2.43. The SMILES string of the molecule is CC(C)(CNC(=O)c1cn(CC(=O)O)nn1)S(C)(=O)=O. The minimum absolute atomic E-state index is 0.0736. The quantitative estimate of drug-likeness (QED) is 0.683. The first-order valence-corrected chi connectivity index (χ1v) is 7.52. The standard InChI is InChI=1S/C10H16N4O5S/c1-10(2,20(3,18)19)6-11-9(17)7-4-14(13-12-7)5-8(15)16/h4H,5-6H2,1-3H3,(H,11,17)(H,15,16). The molecule has 0 radical (unpaired) electrons. The van der Waals surface area contributed by atoms with Gasteiger partial charge in [-0.3, -0.25) is 9.59 Å². The maximum atomic E-state index is 11.7. The largest absolute Gasteiger partial charge is 0.480 e. The van der Waals surface area contributed by atoms with Gasteiger partial charge < -0.3 is 10.4 Å². The fraction of sp³-hybridized carbons (Fsp3) is 0.600. The Bertz CT molecular complexity index is 619. The van der Waals surface area contributed by atoms with Gasteiger partial charge in [-0.1, -0.05) is 5.21 Å². The Labute approximate surface area is 115 Å². The number of amides is 1. The van der Waals surface area contributed by atoms with Crippen LogP contribution in [0.15, 0.2) is 6.20 Å². The van der Waals surface area contributed by atoms with Crippen LogP contribution in [0.4, 0.5) is 0 Å². The van der Waals surface area contributed by atoms with Gasteiger partial charge in [-0.25, -0.2) is 13.1 Å². The summed E-state index contributed by atoms with van der Waals surface area (Å²) in [4.78, 5) is 22.2. The molecule has 0 aliphatic carbocycles. The first-order valence-electron chi connectivity index (χ1n) is 5.62. The van der Waals surface area contributed by atoms with E-state index in [-0.39, 0.29) is 12.2 Å². The summed E-state index contributed by atoms with van der Waals surface area (Å²) in [5, 5.41) is 18.0. The zero-order chi connectivity index (χ0) is 15.6. The fourth-order valence-electron chi connectivity index (χ4n) is 1.13. The van der Waals surface area contributed by atoms with Crippen molar-refractivity contribution in [1.29, 1.82) is 0 Å². The molecule has 1 aromatic rings. The highest BCUT2D eigenvalue weighted by molar-refractivity contribution is 7.92. The lowest BCUT2D eigenvalue weighted by molar-refractivity contribution is -0.137. The van der Waals surface area contributed by atoms with Crippen molar-refractivity contribution in [2.75, 3.05) is 12.8 Å². The maximum Gasteiger partial charge on any atom is 0.325 e. The number of rotatable bonds is 6. The van der Waals surface area contributed by atoms with Crippen molar-refractivity contribution >= 4 is 21.7 Å². The number of sulfone groups is 1. The Morgan fingerprint density at radius 2 is 2.05 bits per heavy atom. The summed E-state index contributed by atoms with van der Waals surface area (Å²) in [5.41, 5.74) is -0.0736. The number of aromatic nitrogens is 3. The van der Waals surface area contributed by atoms with Crippen LogP contribution in [0.25, 0.3) is 0 Å². The predicted octanol–water partition coefficient (Wildman–Crippen LogP) is -1.08. The van der Waals surface area contributed by atoms with Crippen LogP contribution < -0.4 is 5.32 Å². The van der Waals surface area contributed by atoms with Crippen molar-refractivity contribution in [3.05, 3.63) is 11.9 Å². The topological polar surface area (TPSA) is 131 Å². The molecule has 0 unspecified atom stereocenters. The van der Waals surface area contributed by atoms with Gasteiger partial charge >= 0.3 is 5.97 Å². The van der Waals surface area contributed by atoms with Crippen molar-refractivity contribution in [2.45, 2.75) is 25.1 Å². The van der Waals surface area contributed by atoms with E-state index < -0.39 is 33.0 Å². The molecule has 1 rings (SSSR count). The molecule has 0 atom stereocenters. The van der Waals surface area contributed by atoms with Crippen LogP contribution in [0.3, 0.4) is 0 Å². The molecule has 1 heterocycles. The molecule has 2 N–H and O–H groups in total. The molecular formula is C10H16N4O5S. The molecule has 0 aromatic carbocycles. The van der Waals surface area contributed by atoms with Gasteiger partial charge in [0.2, 0.25) is 0 Å². The summed E-state index contributed by atoms with van der Waals surface area (Å²) in [5.74, 6) is -1.72. The Hall–Kier alpha value is -1.97. The molecule has 0 bridgehead atoms. The predicted molar refractivity (Wildman–Crippen MR) is 68.9 cm³/mol. The molecule has 0 saturated heterocycles. The van der Waals surface area contributed by atoms with E-state index in [0.29, 0.717) is 0 Å². The van der Waals surface area contributed by atoms with Crippen LogP contribution in [0, 0.1) is 0 Å². The minimum atomic E-state index is -3.32. The van der Waals surface area contributed by atoms with Crippen LogP contribution in [0.5, 0.6) is 0 Å². The maximum absolute atomic E-state index is 11.7. The molecule has 9 nitrogen and oxygen atoms in total. The molecule has 0 saturated carbocycles. The lowest BCUT2D eigenvalue weighted by atomic mass is 10.2. The molecule has 112 valence electrons. The summed E-state index contributed by atoms with van der Waals surface area (Å²) in [6.45, 7) is 2.49. The summed E-state index contributed by atoms with van der Waals surface area (Å²) >= 11 is 0. The minimum Gasteiger partial charge on any atom is -0.480 e. The van der Waals surface area contributed by atoms with Crippen LogP contribution in [-0.4, -0.2) is 57.9 Å². The van der Waals surface area contributed by atoms with Crippen molar-refractivity contribution in [1.82, 2.24) is 20.3 Å². The van der Waals surface area contributed by atoms with Gasteiger partial charge in [0.25, 0.3) is 5.91 Å². The van der Waals surface area contributed by atoms with Crippen molar-refractivity contribution in [3.8, 4) is 0 Å². The second-order valence-corrected chi connectivity index (χ2v) is 7.56. The fourth-order valence-corrected chi connectivity index (χ4v) is 1.47. The van der Waals surface area contributed by atoms with Gasteiger partial charge in [-0.05, 0) is 13.8 Å². The van der Waals surface area contributed by atoms with Gasteiger partial charge in [0, 0.05) is 12.8 Å². The molecule has 0 fully saturated rings. The number of nitrogens with one attached hydrogen (secondary N) is 1. The van der Waals surface area contributed by atoms with Crippen LogP contribution in [0.1, 0.15) is 24.3 Å². The summed E-state index contributed by atoms with van der Waals surface area (Å²) in [6, 6.07) is 0. The number of carbonyl (C=O) groups excluding carboxylic acids is 1. The van der Waals surface area contributed by atoms with Gasteiger partial charge in [0.1, 0.15) is 6.54 Å². The van der Waals surface area contributed by atoms with E-state index in [1.807, 2.05) is 0 Å². The monoisotopic (exact) mass is 304 g/mol. The second kappa shape index (κ2) is 5.57. The van der Waals surface area contributed by atoms with E-state index in [0.717, 1.165) is 10.9 Å². The summed E-state index contributed by atoms with van der Waals surface area (Å²) in [6.07, 6.45) is 2.26. The number of aliphatic carboxylic acids is 1. The Balaban J connectivity index is 2.68. The van der Waals surface area contributed by atoms with E-state index in [1.54, 1.807) is 0 Å². The van der Waals surface area contributed by atoms with Gasteiger partial charge in [0.15, 0.2) is 15.5 Å². The molecule has 20 heavy (non-hydrogen) atoms. The van der Waals surface area contributed by atoms with Crippen LogP contribution in [-0.2, 0) is 21.2 Å². The van der Waals surface area contributed by atoms with E-state index in [4.69, 9.17) is 5.11 Å². The molecule has 1 amide bonds. The third-order valence-electron chi connectivity index (χ3n) is 2.75. The third kappa shape index (κ3) is 4.02. The Morgan fingerprint density at radius 1 is 1.45 bits per heavy atom. The van der Waals surface area contributed by atoms with Gasteiger partial charge in [0.05, 0.1) is 10.9 Å². The van der Waals surface area contributed by atoms with Gasteiger partial charge in [-0.2, -0.15) is 0 Å². The highest BCUT2D eigenvalue weighted by Gasteiger charge is 2.30. The Kier molecular flexibility index (Phi) is 4.48. The van der Waals surface area contributed by atoms with Crippen molar-refractivity contribution in [2.24, 2.45) is 0 Å². The van der Waals surface area contributed by atoms with Crippen LogP contribution in [0.2, 0.25) is 0 Å². The number of nitrogens with zero attached hydrogens (tertiary/aromatic N) is 3. The number of carbonyl (C=O) groups is 2. The van der Waals surface area contributed by atoms with E-state index in [2.05, 4.69) is 15.6 Å². The number of carboxylic acid groups (broad SMARTS) is 1. The van der Waals surface area contributed by atoms with E-state index in [1.165, 1.54) is 20.0 Å². The summed E-state index contributed by atoms with van der Waals surface area (Å²) < 4.78 is 22.8. The lowest BCUT2D eigenvalue weighted by Gasteiger charge is -2.22. The molecular weight excluding hydrogens is 288 g/mol. The highest BCUT2D eigenvalue weighted by atomic mass is 32.2. The molecule has 0 spiro atoms. The molecule has 10 heteroatoms. The first kappa shape index (κ1) is 16.1. The number of hydrogen-bond donors (Lipinski definition) is 2.